The number of anilines is 4. The zero-order valence-electron chi connectivity index (χ0n) is 28.9. The van der Waals surface area contributed by atoms with Crippen LogP contribution in [0.4, 0.5) is 27.1 Å². The Bertz CT molecular complexity index is 2460. The first-order valence-electron chi connectivity index (χ1n) is 16.9. The molecule has 268 valence electrons. The van der Waals surface area contributed by atoms with Crippen LogP contribution in [-0.2, 0) is 20.6 Å². The topological polar surface area (TPSA) is 127 Å². The van der Waals surface area contributed by atoms with Gasteiger partial charge in [-0.15, -0.1) is 0 Å². The van der Waals surface area contributed by atoms with E-state index in [1.807, 2.05) is 96.7 Å². The van der Waals surface area contributed by atoms with Crippen LogP contribution in [-0.4, -0.2) is 48.1 Å². The highest BCUT2D eigenvalue weighted by Crippen LogP contribution is 2.44. The minimum absolute atomic E-state index is 0.257. The van der Waals surface area contributed by atoms with Crippen LogP contribution in [0.2, 0.25) is 10.0 Å². The molecule has 6 aromatic rings. The van der Waals surface area contributed by atoms with Crippen molar-refractivity contribution in [3.63, 3.8) is 0 Å². The van der Waals surface area contributed by atoms with Gasteiger partial charge in [-0.2, -0.15) is 0 Å². The lowest BCUT2D eigenvalue weighted by Gasteiger charge is -2.40. The summed E-state index contributed by atoms with van der Waals surface area (Å²) in [5.74, 6) is 0.339. The molecule has 2 unspecified atom stereocenters. The summed E-state index contributed by atoms with van der Waals surface area (Å²) in [6.07, 6.45) is 3.16. The van der Waals surface area contributed by atoms with Crippen LogP contribution in [0.5, 0.6) is 0 Å². The summed E-state index contributed by atoms with van der Waals surface area (Å²) in [7, 11) is 0. The van der Waals surface area contributed by atoms with Crippen molar-refractivity contribution in [2.75, 3.05) is 36.4 Å². The number of hydrogen-bond acceptors (Lipinski definition) is 10. The molecule has 0 amide bonds. The maximum Gasteiger partial charge on any atom is 0.126 e. The fraction of sp³-hybridized carbons (Fsp3) is 0.200. The van der Waals surface area contributed by atoms with E-state index < -0.39 is 16.9 Å². The van der Waals surface area contributed by atoms with Crippen LogP contribution < -0.4 is 21.5 Å². The minimum Gasteiger partial charge on any atom is -0.386 e. The van der Waals surface area contributed by atoms with Crippen molar-refractivity contribution in [2.24, 2.45) is 21.5 Å². The van der Waals surface area contributed by atoms with Crippen molar-refractivity contribution in [3.05, 3.63) is 130 Å². The van der Waals surface area contributed by atoms with E-state index >= 15 is 4.39 Å². The molecular formula is C40H35Cl2FN8O2. The molecule has 0 saturated carbocycles. The SMILES string of the molecule is CC1(c2cccc(N(c3cccc4cc(Cl)cnc34)N(c3cccc(C4(C)COCC(N)=N4)c3)c3cc(F)cc4cc(Cl)cnc34)c2)COCC(N)=N1. The Kier molecular flexibility index (Phi) is 8.90. The van der Waals surface area contributed by atoms with Crippen LogP contribution in [0.25, 0.3) is 21.8 Å². The molecule has 4 N–H and O–H groups in total. The Morgan fingerprint density at radius 1 is 0.642 bits per heavy atom. The van der Waals surface area contributed by atoms with Gasteiger partial charge in [0.2, 0.25) is 0 Å². The standard InChI is InChI=1S/C40H35Cl2FN8O2/c1-39(22-52-20-35(44)48-39)26-7-4-9-31(15-26)50(33-11-3-6-24-12-28(41)18-46-37(24)33)51(34-17-30(43)14-25-13-29(42)19-47-38(25)34)32-10-5-8-27(16-32)40(2)23-53-21-36(45)49-40/h3-19H,20-23H2,1-2H3,(H2,44,48)(H2,45,49). The predicted octanol–water partition coefficient (Wildman–Crippen LogP) is 8.33. The van der Waals surface area contributed by atoms with Gasteiger partial charge >= 0.3 is 0 Å². The van der Waals surface area contributed by atoms with Gasteiger partial charge in [-0.05, 0) is 73.5 Å². The van der Waals surface area contributed by atoms with Gasteiger partial charge in [-0.3, -0.25) is 20.0 Å². The van der Waals surface area contributed by atoms with Gasteiger partial charge in [0.1, 0.15) is 41.8 Å². The number of hydrogen-bond donors (Lipinski definition) is 2. The third-order valence-corrected chi connectivity index (χ3v) is 9.89. The Hall–Kier alpha value is -5.33. The van der Waals surface area contributed by atoms with Crippen LogP contribution in [0.1, 0.15) is 25.0 Å². The molecule has 0 radical (unpaired) electrons. The maximum absolute atomic E-state index is 15.9. The second kappa shape index (κ2) is 13.6. The Balaban J connectivity index is 1.45. The number of nitrogens with zero attached hydrogens (tertiary/aromatic N) is 6. The molecule has 2 aliphatic heterocycles. The van der Waals surface area contributed by atoms with Crippen molar-refractivity contribution in [1.82, 2.24) is 9.97 Å². The number of aliphatic imine (C=N–C) groups is 2. The first kappa shape index (κ1) is 34.7. The van der Waals surface area contributed by atoms with Crippen LogP contribution in [0.3, 0.4) is 0 Å². The van der Waals surface area contributed by atoms with Gasteiger partial charge in [0.25, 0.3) is 0 Å². The van der Waals surface area contributed by atoms with E-state index in [4.69, 9.17) is 64.1 Å². The number of nitrogens with two attached hydrogens (primary N) is 2. The second-order valence-electron chi connectivity index (χ2n) is 13.6. The van der Waals surface area contributed by atoms with Crippen molar-refractivity contribution >= 4 is 79.4 Å². The lowest BCUT2D eigenvalue weighted by atomic mass is 9.92. The number of hydrazine groups is 1. The van der Waals surface area contributed by atoms with Crippen LogP contribution in [0, 0.1) is 5.82 Å². The quantitative estimate of drug-likeness (QED) is 0.156. The summed E-state index contributed by atoms with van der Waals surface area (Å²) in [6, 6.07) is 28.1. The third kappa shape index (κ3) is 6.61. The first-order chi connectivity index (χ1) is 25.5. The molecule has 0 saturated heterocycles. The first-order valence-corrected chi connectivity index (χ1v) is 17.7. The summed E-state index contributed by atoms with van der Waals surface area (Å²) in [5.41, 5.74) is 16.2. The summed E-state index contributed by atoms with van der Waals surface area (Å²) >= 11 is 12.9. The van der Waals surface area contributed by atoms with Gasteiger partial charge in [0.05, 0.1) is 57.0 Å². The Labute approximate surface area is 315 Å². The van der Waals surface area contributed by atoms with Crippen LogP contribution >= 0.6 is 23.2 Å². The van der Waals surface area contributed by atoms with Crippen molar-refractivity contribution in [3.8, 4) is 0 Å². The number of para-hydroxylation sites is 1. The van der Waals surface area contributed by atoms with E-state index in [9.17, 15) is 0 Å². The molecule has 4 aromatic carbocycles. The van der Waals surface area contributed by atoms with Gasteiger partial charge < -0.3 is 20.9 Å². The van der Waals surface area contributed by atoms with Gasteiger partial charge in [0, 0.05) is 29.2 Å². The number of pyridine rings is 2. The number of fused-ring (bicyclic) bond motifs is 2. The average molecular weight is 750 g/mol. The highest BCUT2D eigenvalue weighted by atomic mass is 35.5. The maximum atomic E-state index is 15.9. The zero-order chi connectivity index (χ0) is 36.9. The third-order valence-electron chi connectivity index (χ3n) is 9.48. The molecule has 2 atom stereocenters. The molecule has 13 heteroatoms. The van der Waals surface area contributed by atoms with Crippen molar-refractivity contribution in [1.29, 1.82) is 0 Å². The molecule has 53 heavy (non-hydrogen) atoms. The van der Waals surface area contributed by atoms with E-state index in [1.54, 1.807) is 18.5 Å². The predicted molar refractivity (Wildman–Crippen MR) is 210 cm³/mol. The number of halogens is 3. The summed E-state index contributed by atoms with van der Waals surface area (Å²) in [6.45, 7) is 5.14. The number of ether oxygens (including phenoxy) is 2. The number of benzene rings is 4. The molecule has 2 aromatic heterocycles. The molecular weight excluding hydrogens is 714 g/mol. The molecule has 4 heterocycles. The van der Waals surface area contributed by atoms with E-state index in [0.29, 0.717) is 74.1 Å². The lowest BCUT2D eigenvalue weighted by molar-refractivity contribution is 0.106. The van der Waals surface area contributed by atoms with Crippen molar-refractivity contribution < 1.29 is 13.9 Å². The van der Waals surface area contributed by atoms with Crippen molar-refractivity contribution in [2.45, 2.75) is 24.9 Å². The number of aromatic nitrogens is 2. The number of amidine groups is 2. The van der Waals surface area contributed by atoms with Gasteiger partial charge in [-0.25, -0.2) is 14.4 Å². The Morgan fingerprint density at radius 3 is 1.72 bits per heavy atom. The number of rotatable bonds is 7. The summed E-state index contributed by atoms with van der Waals surface area (Å²) in [5, 5.41) is 6.12. The lowest BCUT2D eigenvalue weighted by Crippen LogP contribution is -2.39. The van der Waals surface area contributed by atoms with E-state index in [0.717, 1.165) is 16.5 Å². The van der Waals surface area contributed by atoms with E-state index in [-0.39, 0.29) is 13.2 Å². The molecule has 0 aliphatic carbocycles. The molecule has 10 nitrogen and oxygen atoms in total. The van der Waals surface area contributed by atoms with Gasteiger partial charge in [-0.1, -0.05) is 59.6 Å². The smallest absolute Gasteiger partial charge is 0.126 e. The summed E-state index contributed by atoms with van der Waals surface area (Å²) < 4.78 is 27.6. The monoisotopic (exact) mass is 748 g/mol. The average Bonchev–Trinajstić information content (AvgIpc) is 3.13. The zero-order valence-corrected chi connectivity index (χ0v) is 30.4. The highest BCUT2D eigenvalue weighted by Gasteiger charge is 2.34. The summed E-state index contributed by atoms with van der Waals surface area (Å²) in [4.78, 5) is 19.2. The minimum atomic E-state index is -0.782. The second-order valence-corrected chi connectivity index (χ2v) is 14.5. The fourth-order valence-electron chi connectivity index (χ4n) is 7.06. The largest absolute Gasteiger partial charge is 0.386 e. The Morgan fingerprint density at radius 2 is 1.15 bits per heavy atom. The highest BCUT2D eigenvalue weighted by molar-refractivity contribution is 6.31. The van der Waals surface area contributed by atoms with Gasteiger partial charge in [0.15, 0.2) is 0 Å². The van der Waals surface area contributed by atoms with E-state index in [2.05, 4.69) is 0 Å². The molecule has 0 bridgehead atoms. The fourth-order valence-corrected chi connectivity index (χ4v) is 7.39. The molecule has 0 spiro atoms. The normalized spacial score (nSPS) is 20.2. The molecule has 8 rings (SSSR count). The molecule has 2 aliphatic rings. The van der Waals surface area contributed by atoms with Crippen LogP contribution in [0.15, 0.2) is 113 Å². The molecule has 0 fully saturated rings. The van der Waals surface area contributed by atoms with E-state index in [1.165, 1.54) is 12.1 Å².